The van der Waals surface area contributed by atoms with E-state index in [1.54, 1.807) is 0 Å². The molecule has 0 amide bonds. The fourth-order valence-corrected chi connectivity index (χ4v) is 2.15. The van der Waals surface area contributed by atoms with Crippen LogP contribution in [0.2, 0.25) is 5.02 Å². The Hall–Kier alpha value is -0.210. The first-order chi connectivity index (χ1) is 6.00. The minimum Gasteiger partial charge on any atom is -0.486 e. The van der Waals surface area contributed by atoms with E-state index < -0.39 is 0 Å². The van der Waals surface area contributed by atoms with Gasteiger partial charge in [0.25, 0.3) is 0 Å². The number of fused-ring (bicyclic) bond motifs is 1. The summed E-state index contributed by atoms with van der Waals surface area (Å²) < 4.78 is 5.76. The Morgan fingerprint density at radius 2 is 2.15 bits per heavy atom. The summed E-state index contributed by atoms with van der Waals surface area (Å²) in [5.74, 6) is 0.927. The highest BCUT2D eigenvalue weighted by molar-refractivity contribution is 9.09. The van der Waals surface area contributed by atoms with Crippen LogP contribution in [0.5, 0.6) is 5.75 Å². The van der Waals surface area contributed by atoms with Crippen molar-refractivity contribution < 1.29 is 4.74 Å². The third-order valence-electron chi connectivity index (χ3n) is 2.23. The molecule has 1 aliphatic heterocycles. The van der Waals surface area contributed by atoms with Gasteiger partial charge < -0.3 is 4.74 Å². The zero-order chi connectivity index (χ0) is 9.64. The Morgan fingerprint density at radius 3 is 2.85 bits per heavy atom. The number of hydrogen-bond donors (Lipinski definition) is 0. The predicted molar refractivity (Wildman–Crippen MR) is 57.8 cm³/mol. The van der Waals surface area contributed by atoms with Gasteiger partial charge in [0.05, 0.1) is 4.83 Å². The van der Waals surface area contributed by atoms with E-state index in [2.05, 4.69) is 29.8 Å². The van der Waals surface area contributed by atoms with Gasteiger partial charge in [0, 0.05) is 10.6 Å². The van der Waals surface area contributed by atoms with Crippen LogP contribution in [0.4, 0.5) is 0 Å². The maximum atomic E-state index is 5.91. The van der Waals surface area contributed by atoms with Crippen LogP contribution >= 0.6 is 27.5 Å². The molecule has 0 fully saturated rings. The van der Waals surface area contributed by atoms with Gasteiger partial charge in [-0.05, 0) is 32.0 Å². The topological polar surface area (TPSA) is 9.23 Å². The summed E-state index contributed by atoms with van der Waals surface area (Å²) in [7, 11) is 0. The van der Waals surface area contributed by atoms with E-state index in [-0.39, 0.29) is 10.4 Å². The predicted octanol–water partition coefficient (Wildman–Crippen LogP) is 3.95. The molecule has 1 aromatic carbocycles. The minimum absolute atomic E-state index is 0.187. The van der Waals surface area contributed by atoms with Crippen LogP contribution in [0.15, 0.2) is 18.2 Å². The molecule has 0 N–H and O–H groups in total. The Kier molecular flexibility index (Phi) is 2.08. The summed E-state index contributed by atoms with van der Waals surface area (Å²) in [6.07, 6.45) is 0. The Balaban J connectivity index is 2.51. The van der Waals surface area contributed by atoms with Crippen LogP contribution in [-0.4, -0.2) is 5.60 Å². The van der Waals surface area contributed by atoms with Gasteiger partial charge in [0.1, 0.15) is 11.4 Å². The van der Waals surface area contributed by atoms with E-state index in [1.807, 2.05) is 18.2 Å². The number of benzene rings is 1. The zero-order valence-corrected chi connectivity index (χ0v) is 9.82. The van der Waals surface area contributed by atoms with Crippen molar-refractivity contribution in [1.29, 1.82) is 0 Å². The number of ether oxygens (including phenoxy) is 1. The van der Waals surface area contributed by atoms with E-state index in [0.29, 0.717) is 0 Å². The lowest BCUT2D eigenvalue weighted by Crippen LogP contribution is -2.26. The van der Waals surface area contributed by atoms with Gasteiger partial charge in [-0.3, -0.25) is 0 Å². The standard InChI is InChI=1S/C10H10BrClO/c1-10(2)9(11)7-5-6(12)3-4-8(7)13-10/h3-5,9H,1-2H3. The molecular formula is C10H10BrClO. The Bertz CT molecular complexity index is 349. The van der Waals surface area contributed by atoms with E-state index in [1.165, 1.54) is 0 Å². The molecule has 13 heavy (non-hydrogen) atoms. The average molecular weight is 262 g/mol. The first-order valence-corrected chi connectivity index (χ1v) is 5.42. The molecule has 0 saturated carbocycles. The highest BCUT2D eigenvalue weighted by Crippen LogP contribution is 2.48. The summed E-state index contributed by atoms with van der Waals surface area (Å²) in [6, 6.07) is 5.72. The maximum absolute atomic E-state index is 5.91. The van der Waals surface area contributed by atoms with Crippen molar-refractivity contribution in [2.75, 3.05) is 0 Å². The van der Waals surface area contributed by atoms with E-state index in [0.717, 1.165) is 16.3 Å². The molecular weight excluding hydrogens is 251 g/mol. The van der Waals surface area contributed by atoms with E-state index >= 15 is 0 Å². The number of rotatable bonds is 0. The van der Waals surface area contributed by atoms with Gasteiger partial charge in [-0.15, -0.1) is 0 Å². The van der Waals surface area contributed by atoms with Crippen molar-refractivity contribution in [3.8, 4) is 5.75 Å². The fraction of sp³-hybridized carbons (Fsp3) is 0.400. The molecule has 0 spiro atoms. The molecule has 1 atom stereocenters. The van der Waals surface area contributed by atoms with Gasteiger partial charge in [-0.25, -0.2) is 0 Å². The van der Waals surface area contributed by atoms with Gasteiger partial charge in [0.2, 0.25) is 0 Å². The van der Waals surface area contributed by atoms with Gasteiger partial charge >= 0.3 is 0 Å². The van der Waals surface area contributed by atoms with Crippen molar-refractivity contribution >= 4 is 27.5 Å². The van der Waals surface area contributed by atoms with Crippen molar-refractivity contribution in [3.63, 3.8) is 0 Å². The molecule has 0 radical (unpaired) electrons. The lowest BCUT2D eigenvalue weighted by Gasteiger charge is -2.21. The number of halogens is 2. The van der Waals surface area contributed by atoms with E-state index in [4.69, 9.17) is 16.3 Å². The molecule has 1 heterocycles. The lowest BCUT2D eigenvalue weighted by molar-refractivity contribution is 0.137. The van der Waals surface area contributed by atoms with Crippen molar-refractivity contribution in [2.24, 2.45) is 0 Å². The summed E-state index contributed by atoms with van der Waals surface area (Å²) in [5, 5.41) is 0.754. The minimum atomic E-state index is -0.187. The second-order valence-corrected chi connectivity index (χ2v) is 5.10. The van der Waals surface area contributed by atoms with Crippen molar-refractivity contribution in [2.45, 2.75) is 24.3 Å². The van der Waals surface area contributed by atoms with Gasteiger partial charge in [0.15, 0.2) is 0 Å². The molecule has 3 heteroatoms. The molecule has 0 aromatic heterocycles. The highest BCUT2D eigenvalue weighted by Gasteiger charge is 2.39. The molecule has 0 aliphatic carbocycles. The molecule has 2 rings (SSSR count). The maximum Gasteiger partial charge on any atom is 0.124 e. The van der Waals surface area contributed by atoms with Crippen molar-refractivity contribution in [3.05, 3.63) is 28.8 Å². The van der Waals surface area contributed by atoms with Crippen molar-refractivity contribution in [1.82, 2.24) is 0 Å². The number of alkyl halides is 1. The second kappa shape index (κ2) is 2.89. The molecule has 1 aromatic rings. The van der Waals surface area contributed by atoms with Crippen LogP contribution in [0.1, 0.15) is 24.2 Å². The zero-order valence-electron chi connectivity index (χ0n) is 7.47. The third kappa shape index (κ3) is 1.46. The smallest absolute Gasteiger partial charge is 0.124 e. The normalized spacial score (nSPS) is 23.8. The molecule has 1 unspecified atom stereocenters. The van der Waals surface area contributed by atoms with Gasteiger partial charge in [-0.2, -0.15) is 0 Å². The van der Waals surface area contributed by atoms with Gasteiger partial charge in [-0.1, -0.05) is 27.5 Å². The molecule has 0 bridgehead atoms. The van der Waals surface area contributed by atoms with Crippen LogP contribution in [0, 0.1) is 0 Å². The first-order valence-electron chi connectivity index (χ1n) is 4.13. The molecule has 70 valence electrons. The fourth-order valence-electron chi connectivity index (χ4n) is 1.52. The summed E-state index contributed by atoms with van der Waals surface area (Å²) in [4.78, 5) is 0.216. The van der Waals surface area contributed by atoms with Crippen LogP contribution in [-0.2, 0) is 0 Å². The summed E-state index contributed by atoms with van der Waals surface area (Å²) in [5.41, 5.74) is 0.949. The highest BCUT2D eigenvalue weighted by atomic mass is 79.9. The quantitative estimate of drug-likeness (QED) is 0.643. The molecule has 1 aliphatic rings. The largest absolute Gasteiger partial charge is 0.486 e. The molecule has 1 nitrogen and oxygen atoms in total. The Morgan fingerprint density at radius 1 is 1.46 bits per heavy atom. The van der Waals surface area contributed by atoms with E-state index in [9.17, 15) is 0 Å². The number of hydrogen-bond acceptors (Lipinski definition) is 1. The summed E-state index contributed by atoms with van der Waals surface area (Å²) in [6.45, 7) is 4.11. The average Bonchev–Trinajstić information content (AvgIpc) is 2.26. The van der Waals surface area contributed by atoms with Crippen LogP contribution in [0.3, 0.4) is 0 Å². The monoisotopic (exact) mass is 260 g/mol. The first kappa shape index (κ1) is 9.35. The Labute approximate surface area is 91.2 Å². The lowest BCUT2D eigenvalue weighted by atomic mass is 10.0. The van der Waals surface area contributed by atoms with Crippen LogP contribution < -0.4 is 4.74 Å². The molecule has 0 saturated heterocycles. The third-order valence-corrected chi connectivity index (χ3v) is 4.06. The van der Waals surface area contributed by atoms with Crippen LogP contribution in [0.25, 0.3) is 0 Å². The SMILES string of the molecule is CC1(C)Oc2ccc(Cl)cc2C1Br. The second-order valence-electron chi connectivity index (χ2n) is 3.75. The summed E-state index contributed by atoms with van der Waals surface area (Å²) >= 11 is 9.51.